The minimum atomic E-state index is 0.469. The monoisotopic (exact) mass is 311 g/mol. The number of piperidine rings is 1. The third kappa shape index (κ3) is 2.17. The molecule has 23 heavy (non-hydrogen) atoms. The lowest BCUT2D eigenvalue weighted by Crippen LogP contribution is -2.67. The van der Waals surface area contributed by atoms with E-state index in [4.69, 9.17) is 4.74 Å². The lowest BCUT2D eigenvalue weighted by Gasteiger charge is -2.63. The molecule has 2 heteroatoms. The fourth-order valence-corrected chi connectivity index (χ4v) is 6.87. The molecule has 4 aliphatic carbocycles. The average Bonchev–Trinajstić information content (AvgIpc) is 2.59. The molecular weight excluding hydrogens is 282 g/mol. The Kier molecular flexibility index (Phi) is 3.27. The molecule has 1 unspecified atom stereocenters. The minimum absolute atomic E-state index is 0.469. The lowest BCUT2D eigenvalue weighted by atomic mass is 9.46. The Morgan fingerprint density at radius 2 is 1.61 bits per heavy atom. The summed E-state index contributed by atoms with van der Waals surface area (Å²) >= 11 is 0. The Morgan fingerprint density at radius 3 is 2.22 bits per heavy atom. The van der Waals surface area contributed by atoms with E-state index < -0.39 is 0 Å². The summed E-state index contributed by atoms with van der Waals surface area (Å²) in [6.07, 6.45) is 10.2. The number of ether oxygens (including phenoxy) is 1. The van der Waals surface area contributed by atoms with E-state index in [2.05, 4.69) is 29.6 Å². The highest BCUT2D eigenvalue weighted by Gasteiger charge is 2.58. The van der Waals surface area contributed by atoms with Gasteiger partial charge in [0, 0.05) is 5.54 Å². The van der Waals surface area contributed by atoms with Crippen molar-refractivity contribution >= 4 is 0 Å². The molecule has 1 saturated heterocycles. The maximum absolute atomic E-state index is 5.33. The smallest absolute Gasteiger partial charge is 0.118 e. The van der Waals surface area contributed by atoms with Gasteiger partial charge < -0.3 is 10.1 Å². The van der Waals surface area contributed by atoms with Crippen LogP contribution < -0.4 is 10.1 Å². The molecule has 124 valence electrons. The molecule has 4 saturated carbocycles. The van der Waals surface area contributed by atoms with Crippen LogP contribution in [0.5, 0.6) is 5.75 Å². The first-order valence-corrected chi connectivity index (χ1v) is 9.66. The molecule has 1 aromatic rings. The highest BCUT2D eigenvalue weighted by Crippen LogP contribution is 2.61. The van der Waals surface area contributed by atoms with Crippen molar-refractivity contribution in [3.8, 4) is 5.75 Å². The van der Waals surface area contributed by atoms with Gasteiger partial charge in [-0.15, -0.1) is 0 Å². The minimum Gasteiger partial charge on any atom is -0.497 e. The van der Waals surface area contributed by atoms with Crippen LogP contribution in [0.25, 0.3) is 0 Å². The van der Waals surface area contributed by atoms with Crippen molar-refractivity contribution in [3.05, 3.63) is 29.8 Å². The van der Waals surface area contributed by atoms with Gasteiger partial charge in [-0.2, -0.15) is 0 Å². The van der Waals surface area contributed by atoms with E-state index in [0.29, 0.717) is 5.54 Å². The largest absolute Gasteiger partial charge is 0.497 e. The molecule has 1 aliphatic heterocycles. The van der Waals surface area contributed by atoms with Crippen molar-refractivity contribution in [3.63, 3.8) is 0 Å². The van der Waals surface area contributed by atoms with Crippen LogP contribution in [0.4, 0.5) is 0 Å². The van der Waals surface area contributed by atoms with Crippen molar-refractivity contribution < 1.29 is 4.74 Å². The van der Waals surface area contributed by atoms with Gasteiger partial charge in [0.25, 0.3) is 0 Å². The fraction of sp³-hybridized carbons (Fsp3) is 0.714. The van der Waals surface area contributed by atoms with Gasteiger partial charge in [-0.3, -0.25) is 0 Å². The van der Waals surface area contributed by atoms with E-state index in [9.17, 15) is 0 Å². The first kappa shape index (κ1) is 14.3. The Morgan fingerprint density at radius 1 is 0.957 bits per heavy atom. The normalized spacial score (nSPS) is 44.7. The van der Waals surface area contributed by atoms with Crippen molar-refractivity contribution in [2.24, 2.45) is 23.7 Å². The van der Waals surface area contributed by atoms with Gasteiger partial charge >= 0.3 is 0 Å². The maximum atomic E-state index is 5.33. The number of benzene rings is 1. The summed E-state index contributed by atoms with van der Waals surface area (Å²) in [5.74, 6) is 5.75. The Hall–Kier alpha value is -1.02. The zero-order valence-electron chi connectivity index (χ0n) is 14.3. The molecule has 5 fully saturated rings. The van der Waals surface area contributed by atoms with Crippen LogP contribution in [0.3, 0.4) is 0 Å². The molecule has 1 spiro atoms. The van der Waals surface area contributed by atoms with Gasteiger partial charge in [-0.25, -0.2) is 0 Å². The van der Waals surface area contributed by atoms with Gasteiger partial charge in [0.15, 0.2) is 0 Å². The van der Waals surface area contributed by atoms with Gasteiger partial charge in [0.2, 0.25) is 0 Å². The molecule has 1 aromatic carbocycles. The van der Waals surface area contributed by atoms with Gasteiger partial charge in [-0.05, 0) is 98.8 Å². The molecule has 2 nitrogen and oxygen atoms in total. The highest BCUT2D eigenvalue weighted by atomic mass is 16.5. The molecule has 0 radical (unpaired) electrons. The summed E-state index contributed by atoms with van der Waals surface area (Å²) in [7, 11) is 1.75. The van der Waals surface area contributed by atoms with Crippen molar-refractivity contribution in [1.82, 2.24) is 5.32 Å². The molecule has 4 bridgehead atoms. The molecule has 6 rings (SSSR count). The highest BCUT2D eigenvalue weighted by molar-refractivity contribution is 5.31. The van der Waals surface area contributed by atoms with Gasteiger partial charge in [0.05, 0.1) is 7.11 Å². The van der Waals surface area contributed by atoms with Crippen LogP contribution in [-0.2, 0) is 0 Å². The van der Waals surface area contributed by atoms with Crippen LogP contribution in [0.1, 0.15) is 56.4 Å². The van der Waals surface area contributed by atoms with Crippen molar-refractivity contribution in [2.45, 2.75) is 56.4 Å². The van der Waals surface area contributed by atoms with Crippen LogP contribution in [0, 0.1) is 23.7 Å². The van der Waals surface area contributed by atoms with Crippen molar-refractivity contribution in [2.75, 3.05) is 13.7 Å². The summed E-state index contributed by atoms with van der Waals surface area (Å²) in [5, 5.41) is 4.08. The van der Waals surface area contributed by atoms with Crippen molar-refractivity contribution in [1.29, 1.82) is 0 Å². The first-order valence-electron chi connectivity index (χ1n) is 9.66. The predicted molar refractivity (Wildman–Crippen MR) is 92.7 cm³/mol. The number of methoxy groups -OCH3 is 1. The summed E-state index contributed by atoms with van der Waals surface area (Å²) in [4.78, 5) is 0. The van der Waals surface area contributed by atoms with Crippen LogP contribution in [0.15, 0.2) is 24.3 Å². The second-order valence-corrected chi connectivity index (χ2v) is 8.73. The first-order chi connectivity index (χ1) is 11.3. The second-order valence-electron chi connectivity index (χ2n) is 8.73. The fourth-order valence-electron chi connectivity index (χ4n) is 6.87. The second kappa shape index (κ2) is 5.24. The van der Waals surface area contributed by atoms with Gasteiger partial charge in [-0.1, -0.05) is 12.1 Å². The molecule has 5 aliphatic rings. The van der Waals surface area contributed by atoms with E-state index in [-0.39, 0.29) is 0 Å². The van der Waals surface area contributed by atoms with E-state index in [1.165, 1.54) is 50.6 Å². The molecule has 0 amide bonds. The van der Waals surface area contributed by atoms with E-state index in [1.807, 2.05) is 0 Å². The van der Waals surface area contributed by atoms with Crippen LogP contribution in [0.2, 0.25) is 0 Å². The third-order valence-electron chi connectivity index (χ3n) is 7.71. The molecule has 0 aromatic heterocycles. The number of rotatable bonds is 2. The summed E-state index contributed by atoms with van der Waals surface area (Å²) in [6, 6.07) is 8.89. The summed E-state index contributed by atoms with van der Waals surface area (Å²) in [6.45, 7) is 1.21. The van der Waals surface area contributed by atoms with Gasteiger partial charge in [0.1, 0.15) is 5.75 Å². The average molecular weight is 311 g/mol. The molecular formula is C21H29NO. The molecule has 1 N–H and O–H groups in total. The number of nitrogens with one attached hydrogen (secondary N) is 1. The van der Waals surface area contributed by atoms with Crippen LogP contribution in [-0.4, -0.2) is 19.2 Å². The van der Waals surface area contributed by atoms with E-state index >= 15 is 0 Å². The Balaban J connectivity index is 1.42. The number of hydrogen-bond acceptors (Lipinski definition) is 2. The maximum Gasteiger partial charge on any atom is 0.118 e. The summed E-state index contributed by atoms with van der Waals surface area (Å²) in [5.41, 5.74) is 2.00. The zero-order chi connectivity index (χ0) is 15.4. The topological polar surface area (TPSA) is 21.3 Å². The predicted octanol–water partition coefficient (Wildman–Crippen LogP) is 4.36. The standard InChI is InChI=1S/C21H29NO/c1-23-20-4-2-16(3-5-20)17-6-7-22-21(13-17)18-9-14-8-15(11-18)12-19(21)10-14/h2-5,14-15,17-19,22H,6-13H2,1H3. The SMILES string of the molecule is COc1ccc(C2CCNC3(C2)C2CC4CC(C2)CC3C4)cc1. The lowest BCUT2D eigenvalue weighted by molar-refractivity contribution is -0.0878. The number of hydrogen-bond donors (Lipinski definition) is 1. The van der Waals surface area contributed by atoms with Crippen LogP contribution >= 0.6 is 0 Å². The zero-order valence-corrected chi connectivity index (χ0v) is 14.3. The third-order valence-corrected chi connectivity index (χ3v) is 7.71. The molecule has 1 heterocycles. The quantitative estimate of drug-likeness (QED) is 0.876. The van der Waals surface area contributed by atoms with E-state index in [1.54, 1.807) is 13.5 Å². The summed E-state index contributed by atoms with van der Waals surface area (Å²) < 4.78 is 5.33. The Labute approximate surface area is 140 Å². The molecule has 1 atom stereocenters. The Bertz CT molecular complexity index is 550. The van der Waals surface area contributed by atoms with E-state index in [0.717, 1.165) is 35.3 Å².